The minimum absolute atomic E-state index is 0.0870. The molecule has 5 heteroatoms. The van der Waals surface area contributed by atoms with Gasteiger partial charge < -0.3 is 19.7 Å². The minimum atomic E-state index is -0.462. The summed E-state index contributed by atoms with van der Waals surface area (Å²) in [6.07, 6.45) is 9.93. The molecule has 0 spiro atoms. The van der Waals surface area contributed by atoms with Crippen LogP contribution < -0.4 is 0 Å². The predicted molar refractivity (Wildman–Crippen MR) is 98.8 cm³/mol. The van der Waals surface area contributed by atoms with E-state index in [-0.39, 0.29) is 24.6 Å². The van der Waals surface area contributed by atoms with Gasteiger partial charge >= 0.3 is 0 Å². The molecule has 2 N–H and O–H groups in total. The molecule has 7 atom stereocenters. The summed E-state index contributed by atoms with van der Waals surface area (Å²) in [5, 5.41) is 19.1. The Bertz CT molecular complexity index is 454. The molecule has 0 aromatic heterocycles. The van der Waals surface area contributed by atoms with Crippen LogP contribution in [0.15, 0.2) is 0 Å². The molecule has 3 rings (SSSR count). The molecule has 1 heterocycles. The van der Waals surface area contributed by atoms with E-state index in [1.807, 2.05) is 7.11 Å². The molecule has 4 unspecified atom stereocenters. The molecule has 150 valence electrons. The molecule has 1 aliphatic heterocycles. The SMILES string of the molecule is COC1CCC2CC(CCC(=O)C[C@H]3C[C@@H](O)C[C@@H](CO)O3)CCC2C1. The summed E-state index contributed by atoms with van der Waals surface area (Å²) in [6.45, 7) is -0.0870. The van der Waals surface area contributed by atoms with Crippen LogP contribution in [0.25, 0.3) is 0 Å². The largest absolute Gasteiger partial charge is 0.394 e. The molecule has 26 heavy (non-hydrogen) atoms. The smallest absolute Gasteiger partial charge is 0.135 e. The molecule has 1 saturated heterocycles. The van der Waals surface area contributed by atoms with Gasteiger partial charge in [0, 0.05) is 32.8 Å². The summed E-state index contributed by atoms with van der Waals surface area (Å²) in [4.78, 5) is 12.4. The van der Waals surface area contributed by atoms with Crippen molar-refractivity contribution >= 4 is 5.78 Å². The number of ether oxygens (including phenoxy) is 2. The Kier molecular flexibility index (Phi) is 7.50. The summed E-state index contributed by atoms with van der Waals surface area (Å²) in [5.41, 5.74) is 0. The highest BCUT2D eigenvalue weighted by Crippen LogP contribution is 2.44. The van der Waals surface area contributed by atoms with E-state index in [9.17, 15) is 15.0 Å². The van der Waals surface area contributed by atoms with Crippen LogP contribution in [0.5, 0.6) is 0 Å². The summed E-state index contributed by atoms with van der Waals surface area (Å²) in [7, 11) is 1.83. The van der Waals surface area contributed by atoms with Gasteiger partial charge in [0.15, 0.2) is 0 Å². The molecule has 3 fully saturated rings. The number of fused-ring (bicyclic) bond motifs is 1. The molecule has 0 radical (unpaired) electrons. The first kappa shape index (κ1) is 20.2. The van der Waals surface area contributed by atoms with Crippen molar-refractivity contribution in [1.82, 2.24) is 0 Å². The highest BCUT2D eigenvalue weighted by molar-refractivity contribution is 5.78. The first-order valence-corrected chi connectivity index (χ1v) is 10.6. The van der Waals surface area contributed by atoms with Crippen molar-refractivity contribution in [3.8, 4) is 0 Å². The summed E-state index contributed by atoms with van der Waals surface area (Å²) >= 11 is 0. The van der Waals surface area contributed by atoms with Crippen LogP contribution in [0.1, 0.15) is 70.6 Å². The molecular weight excluding hydrogens is 332 g/mol. The average molecular weight is 369 g/mol. The summed E-state index contributed by atoms with van der Waals surface area (Å²) < 4.78 is 11.3. The van der Waals surface area contributed by atoms with Gasteiger partial charge in [0.1, 0.15) is 5.78 Å². The third-order valence-corrected chi connectivity index (χ3v) is 6.95. The fourth-order valence-electron chi connectivity index (χ4n) is 5.48. The van der Waals surface area contributed by atoms with Gasteiger partial charge in [-0.05, 0) is 56.3 Å². The van der Waals surface area contributed by atoms with Gasteiger partial charge in [-0.1, -0.05) is 6.42 Å². The molecule has 0 bridgehead atoms. The second-order valence-electron chi connectivity index (χ2n) is 8.84. The van der Waals surface area contributed by atoms with Gasteiger partial charge in [-0.25, -0.2) is 0 Å². The fraction of sp³-hybridized carbons (Fsp3) is 0.952. The zero-order valence-electron chi connectivity index (χ0n) is 16.1. The molecular formula is C21H36O5. The Hall–Kier alpha value is -0.490. The third-order valence-electron chi connectivity index (χ3n) is 6.95. The minimum Gasteiger partial charge on any atom is -0.394 e. The van der Waals surface area contributed by atoms with E-state index in [1.54, 1.807) is 0 Å². The number of methoxy groups -OCH3 is 1. The van der Waals surface area contributed by atoms with E-state index in [0.29, 0.717) is 37.7 Å². The van der Waals surface area contributed by atoms with Crippen LogP contribution >= 0.6 is 0 Å². The number of Topliss-reactive ketones (excluding diaryl/α,β-unsaturated/α-hetero) is 1. The van der Waals surface area contributed by atoms with Crippen molar-refractivity contribution in [2.75, 3.05) is 13.7 Å². The lowest BCUT2D eigenvalue weighted by atomic mass is 9.66. The number of aliphatic hydroxyl groups excluding tert-OH is 2. The molecule has 2 saturated carbocycles. The van der Waals surface area contributed by atoms with E-state index >= 15 is 0 Å². The van der Waals surface area contributed by atoms with Crippen LogP contribution in [-0.4, -0.2) is 54.1 Å². The number of carbonyl (C=O) groups excluding carboxylic acids is 1. The maximum Gasteiger partial charge on any atom is 0.135 e. The topological polar surface area (TPSA) is 76.0 Å². The fourth-order valence-corrected chi connectivity index (χ4v) is 5.48. The van der Waals surface area contributed by atoms with Crippen molar-refractivity contribution in [2.24, 2.45) is 17.8 Å². The van der Waals surface area contributed by atoms with Crippen molar-refractivity contribution < 1.29 is 24.5 Å². The van der Waals surface area contributed by atoms with Crippen LogP contribution in [0.4, 0.5) is 0 Å². The lowest BCUT2D eigenvalue weighted by Gasteiger charge is -2.41. The zero-order chi connectivity index (χ0) is 18.5. The van der Waals surface area contributed by atoms with E-state index in [4.69, 9.17) is 9.47 Å². The second-order valence-corrected chi connectivity index (χ2v) is 8.84. The Morgan fingerprint density at radius 2 is 1.77 bits per heavy atom. The molecule has 0 aromatic rings. The first-order valence-electron chi connectivity index (χ1n) is 10.6. The van der Waals surface area contributed by atoms with Gasteiger partial charge in [-0.3, -0.25) is 4.79 Å². The van der Waals surface area contributed by atoms with Crippen molar-refractivity contribution in [1.29, 1.82) is 0 Å². The Labute approximate surface area is 157 Å². The third kappa shape index (κ3) is 5.51. The van der Waals surface area contributed by atoms with Gasteiger partial charge in [0.05, 0.1) is 31.0 Å². The van der Waals surface area contributed by atoms with Crippen molar-refractivity contribution in [2.45, 2.75) is 95.0 Å². The van der Waals surface area contributed by atoms with Gasteiger partial charge in [-0.15, -0.1) is 0 Å². The highest BCUT2D eigenvalue weighted by atomic mass is 16.5. The monoisotopic (exact) mass is 368 g/mol. The van der Waals surface area contributed by atoms with Gasteiger partial charge in [0.2, 0.25) is 0 Å². The molecule has 0 amide bonds. The van der Waals surface area contributed by atoms with E-state index in [2.05, 4.69) is 0 Å². The summed E-state index contributed by atoms with van der Waals surface area (Å²) in [6, 6.07) is 0. The quantitative estimate of drug-likeness (QED) is 0.723. The predicted octanol–water partition coefficient (Wildman–Crippen LogP) is 2.86. The zero-order valence-corrected chi connectivity index (χ0v) is 16.1. The maximum atomic E-state index is 12.4. The number of hydrogen-bond donors (Lipinski definition) is 2. The van der Waals surface area contributed by atoms with Crippen molar-refractivity contribution in [3.05, 3.63) is 0 Å². The number of rotatable bonds is 7. The van der Waals surface area contributed by atoms with E-state index in [0.717, 1.165) is 18.3 Å². The Balaban J connectivity index is 1.37. The van der Waals surface area contributed by atoms with Crippen LogP contribution in [-0.2, 0) is 14.3 Å². The van der Waals surface area contributed by atoms with Crippen LogP contribution in [0, 0.1) is 17.8 Å². The Morgan fingerprint density at radius 3 is 2.54 bits per heavy atom. The first-order chi connectivity index (χ1) is 12.6. The summed E-state index contributed by atoms with van der Waals surface area (Å²) in [5.74, 6) is 2.58. The lowest BCUT2D eigenvalue weighted by Crippen LogP contribution is -2.38. The molecule has 3 aliphatic rings. The van der Waals surface area contributed by atoms with Gasteiger partial charge in [-0.2, -0.15) is 0 Å². The van der Waals surface area contributed by atoms with Crippen LogP contribution in [0.2, 0.25) is 0 Å². The Morgan fingerprint density at radius 1 is 1.04 bits per heavy atom. The van der Waals surface area contributed by atoms with Gasteiger partial charge in [0.25, 0.3) is 0 Å². The molecule has 5 nitrogen and oxygen atoms in total. The molecule has 2 aliphatic carbocycles. The highest BCUT2D eigenvalue weighted by Gasteiger charge is 2.36. The van der Waals surface area contributed by atoms with Crippen molar-refractivity contribution in [3.63, 3.8) is 0 Å². The maximum absolute atomic E-state index is 12.4. The number of ketones is 1. The van der Waals surface area contributed by atoms with Crippen LogP contribution in [0.3, 0.4) is 0 Å². The number of aliphatic hydroxyl groups is 2. The lowest BCUT2D eigenvalue weighted by molar-refractivity contribution is -0.134. The molecule has 0 aromatic carbocycles. The number of carbonyl (C=O) groups is 1. The average Bonchev–Trinajstić information content (AvgIpc) is 2.65. The standard InChI is InChI=1S/C21H36O5/c1-25-19-7-5-15-8-14(2-4-16(15)9-19)3-6-17(23)10-20-11-18(24)12-21(13-22)26-20/h14-16,18-22,24H,2-13H2,1H3/t14?,15?,16?,18-,19?,20+,21+/m1/s1. The normalized spacial score (nSPS) is 40.8. The second kappa shape index (κ2) is 9.63. The van der Waals surface area contributed by atoms with E-state index < -0.39 is 6.10 Å². The number of hydrogen-bond acceptors (Lipinski definition) is 5. The van der Waals surface area contributed by atoms with E-state index in [1.165, 1.54) is 38.5 Å².